The Morgan fingerprint density at radius 3 is 0.943 bits per heavy atom. The molecule has 0 atom stereocenters. The summed E-state index contributed by atoms with van der Waals surface area (Å²) < 4.78 is 0. The highest BCUT2D eigenvalue weighted by Gasteiger charge is 2.14. The Balaban J connectivity index is 1.16. The molecule has 0 saturated carbocycles. The third-order valence-corrected chi connectivity index (χ3v) is 13.5. The van der Waals surface area contributed by atoms with Crippen molar-refractivity contribution < 1.29 is 0 Å². The highest BCUT2D eigenvalue weighted by Crippen LogP contribution is 2.35. The summed E-state index contributed by atoms with van der Waals surface area (Å²) in [5, 5.41) is 5.99. The van der Waals surface area contributed by atoms with Crippen molar-refractivity contribution in [3.8, 4) is 0 Å². The maximum Gasteiger partial charge on any atom is -0.00221 e. The van der Waals surface area contributed by atoms with Crippen LogP contribution in [0.3, 0.4) is 0 Å². The first-order valence-corrected chi connectivity index (χ1v) is 17.7. The molecule has 0 bridgehead atoms. The molecule has 35 heavy (non-hydrogen) atoms. The first kappa shape index (κ1) is 26.5. The average molecular weight is 533 g/mol. The maximum atomic E-state index is 2.31. The van der Waals surface area contributed by atoms with Crippen LogP contribution in [0.5, 0.6) is 0 Å². The van der Waals surface area contributed by atoms with Crippen LogP contribution in [-0.2, 0) is 0 Å². The third kappa shape index (κ3) is 8.80. The van der Waals surface area contributed by atoms with Gasteiger partial charge in [0.1, 0.15) is 0 Å². The highest BCUT2D eigenvalue weighted by atomic mass is 32.2. The van der Waals surface area contributed by atoms with E-state index in [1.165, 1.54) is 63.0 Å². The maximum absolute atomic E-state index is 2.31. The molecule has 0 aromatic heterocycles. The zero-order valence-corrected chi connectivity index (χ0v) is 23.6. The molecule has 0 aliphatic carbocycles. The van der Waals surface area contributed by atoms with Gasteiger partial charge in [0.25, 0.3) is 0 Å². The Hall–Kier alpha value is -1.56. The standard InChI is InChI=1S/C31H34P2S2/c1-5-14-28(15-6-1)32(29-16-7-2-8-17-29)22-26-34-24-13-25-35-27-23-33(30-18-9-3-10-19-30)31-20-11-4-12-21-31/h1-12,14-21H,13,22-27H2. The minimum Gasteiger partial charge on any atom is -0.162 e. The topological polar surface area (TPSA) is 0 Å². The van der Waals surface area contributed by atoms with E-state index >= 15 is 0 Å². The lowest BCUT2D eigenvalue weighted by atomic mass is 10.4. The van der Waals surface area contributed by atoms with Gasteiger partial charge in [-0.15, -0.1) is 0 Å². The van der Waals surface area contributed by atoms with Gasteiger partial charge < -0.3 is 0 Å². The van der Waals surface area contributed by atoms with Gasteiger partial charge in [-0.25, -0.2) is 0 Å². The van der Waals surface area contributed by atoms with Crippen molar-refractivity contribution in [2.45, 2.75) is 6.42 Å². The summed E-state index contributed by atoms with van der Waals surface area (Å²) in [5.41, 5.74) is 0. The van der Waals surface area contributed by atoms with Crippen LogP contribution in [0.1, 0.15) is 6.42 Å². The van der Waals surface area contributed by atoms with E-state index in [0.717, 1.165) is 0 Å². The summed E-state index contributed by atoms with van der Waals surface area (Å²) in [5.74, 6) is 5.03. The molecular formula is C31H34P2S2. The molecule has 180 valence electrons. The summed E-state index contributed by atoms with van der Waals surface area (Å²) in [6.45, 7) is 0. The molecular weight excluding hydrogens is 498 g/mol. The molecule has 4 aromatic rings. The van der Waals surface area contributed by atoms with Crippen LogP contribution in [0.4, 0.5) is 0 Å². The zero-order valence-electron chi connectivity index (χ0n) is 20.2. The molecule has 0 radical (unpaired) electrons. The lowest BCUT2D eigenvalue weighted by Crippen LogP contribution is -2.15. The monoisotopic (exact) mass is 532 g/mol. The van der Waals surface area contributed by atoms with E-state index in [-0.39, 0.29) is 15.8 Å². The van der Waals surface area contributed by atoms with Gasteiger partial charge in [0.2, 0.25) is 0 Å². The minimum absolute atomic E-state index is 0.257. The van der Waals surface area contributed by atoms with Crippen molar-refractivity contribution >= 4 is 60.6 Å². The fourth-order valence-corrected chi connectivity index (χ4v) is 11.6. The van der Waals surface area contributed by atoms with Crippen LogP contribution >= 0.6 is 39.4 Å². The van der Waals surface area contributed by atoms with Crippen LogP contribution in [0, 0.1) is 0 Å². The summed E-state index contributed by atoms with van der Waals surface area (Å²) in [6, 6.07) is 44.4. The SMILES string of the molecule is c1ccc(P(CCSCCCSCCP(c2ccccc2)c2ccccc2)c2ccccc2)cc1. The summed E-state index contributed by atoms with van der Waals surface area (Å²) in [7, 11) is -0.514. The van der Waals surface area contributed by atoms with Crippen LogP contribution in [0.15, 0.2) is 121 Å². The van der Waals surface area contributed by atoms with Crippen LogP contribution in [-0.4, -0.2) is 35.3 Å². The second-order valence-corrected chi connectivity index (χ2v) is 15.3. The predicted octanol–water partition coefficient (Wildman–Crippen LogP) is 7.11. The Bertz CT molecular complexity index is 908. The number of hydrogen-bond acceptors (Lipinski definition) is 2. The summed E-state index contributed by atoms with van der Waals surface area (Å²) >= 11 is 4.27. The molecule has 0 N–H and O–H groups in total. The molecule has 0 aliphatic heterocycles. The van der Waals surface area contributed by atoms with Crippen LogP contribution in [0.25, 0.3) is 0 Å². The number of hydrogen-bond donors (Lipinski definition) is 0. The Labute approximate surface area is 222 Å². The molecule has 0 unspecified atom stereocenters. The van der Waals surface area contributed by atoms with Crippen LogP contribution < -0.4 is 21.2 Å². The molecule has 0 amide bonds. The van der Waals surface area contributed by atoms with Gasteiger partial charge in [-0.1, -0.05) is 121 Å². The van der Waals surface area contributed by atoms with E-state index in [1.807, 2.05) is 0 Å². The van der Waals surface area contributed by atoms with Crippen molar-refractivity contribution in [1.82, 2.24) is 0 Å². The first-order valence-electron chi connectivity index (χ1n) is 12.3. The van der Waals surface area contributed by atoms with Crippen molar-refractivity contribution in [3.63, 3.8) is 0 Å². The molecule has 0 aliphatic rings. The van der Waals surface area contributed by atoms with E-state index in [2.05, 4.69) is 145 Å². The zero-order chi connectivity index (χ0) is 24.0. The van der Waals surface area contributed by atoms with Gasteiger partial charge in [0.05, 0.1) is 0 Å². The third-order valence-electron chi connectivity index (χ3n) is 5.77. The van der Waals surface area contributed by atoms with Gasteiger partial charge in [-0.3, -0.25) is 0 Å². The van der Waals surface area contributed by atoms with Crippen molar-refractivity contribution in [2.75, 3.05) is 35.3 Å². The van der Waals surface area contributed by atoms with E-state index in [0.29, 0.717) is 0 Å². The number of benzene rings is 4. The van der Waals surface area contributed by atoms with Gasteiger partial charge in [0.15, 0.2) is 0 Å². The van der Waals surface area contributed by atoms with E-state index in [1.54, 1.807) is 0 Å². The van der Waals surface area contributed by atoms with E-state index in [4.69, 9.17) is 0 Å². The smallest absolute Gasteiger partial charge is 0.00221 e. The number of thioether (sulfide) groups is 2. The molecule has 0 saturated heterocycles. The van der Waals surface area contributed by atoms with Gasteiger partial charge in [-0.2, -0.15) is 23.5 Å². The lowest BCUT2D eigenvalue weighted by Gasteiger charge is -2.19. The Morgan fingerprint density at radius 2 is 0.657 bits per heavy atom. The van der Waals surface area contributed by atoms with Gasteiger partial charge in [0, 0.05) is 0 Å². The predicted molar refractivity (Wildman–Crippen MR) is 167 cm³/mol. The Morgan fingerprint density at radius 1 is 0.371 bits per heavy atom. The second kappa shape index (κ2) is 15.5. The fraction of sp³-hybridized carbons (Fsp3) is 0.226. The van der Waals surface area contributed by atoms with Crippen molar-refractivity contribution in [2.24, 2.45) is 0 Å². The van der Waals surface area contributed by atoms with Gasteiger partial charge >= 0.3 is 0 Å². The van der Waals surface area contributed by atoms with Crippen molar-refractivity contribution in [3.05, 3.63) is 121 Å². The largest absolute Gasteiger partial charge is 0.162 e. The molecule has 4 aromatic carbocycles. The molecule has 0 nitrogen and oxygen atoms in total. The average Bonchev–Trinajstić information content (AvgIpc) is 2.94. The summed E-state index contributed by atoms with van der Waals surface area (Å²) in [6.07, 6.45) is 3.83. The highest BCUT2D eigenvalue weighted by molar-refractivity contribution is 8.00. The first-order chi connectivity index (χ1) is 17.4. The second-order valence-electron chi connectivity index (χ2n) is 8.22. The van der Waals surface area contributed by atoms with Crippen LogP contribution in [0.2, 0.25) is 0 Å². The normalized spacial score (nSPS) is 11.3. The quantitative estimate of drug-likeness (QED) is 0.125. The van der Waals surface area contributed by atoms with E-state index < -0.39 is 0 Å². The minimum atomic E-state index is -0.257. The molecule has 0 heterocycles. The molecule has 4 rings (SSSR count). The molecule has 0 spiro atoms. The molecule has 4 heteroatoms. The summed E-state index contributed by atoms with van der Waals surface area (Å²) in [4.78, 5) is 0. The van der Waals surface area contributed by atoms with E-state index in [9.17, 15) is 0 Å². The Kier molecular flexibility index (Phi) is 11.8. The lowest BCUT2D eigenvalue weighted by molar-refractivity contribution is 1.12. The fourth-order valence-electron chi connectivity index (χ4n) is 4.03. The van der Waals surface area contributed by atoms with Gasteiger partial charge in [-0.05, 0) is 78.8 Å². The van der Waals surface area contributed by atoms with Crippen molar-refractivity contribution in [1.29, 1.82) is 0 Å². The molecule has 0 fully saturated rings. The number of rotatable bonds is 14.